The van der Waals surface area contributed by atoms with Crippen LogP contribution in [0.2, 0.25) is 10.0 Å². The zero-order valence-electron chi connectivity index (χ0n) is 19.0. The molecular formula is C25H25Cl2N3OS2. The Balaban J connectivity index is 1.64. The van der Waals surface area contributed by atoms with Crippen LogP contribution in [0.25, 0.3) is 20.4 Å². The Bertz CT molecular complexity index is 1350. The summed E-state index contributed by atoms with van der Waals surface area (Å²) in [5.74, 6) is 1.17. The van der Waals surface area contributed by atoms with Gasteiger partial charge in [0.15, 0.2) is 0 Å². The second-order valence-electron chi connectivity index (χ2n) is 9.47. The minimum Gasteiger partial charge on any atom is -0.370 e. The van der Waals surface area contributed by atoms with E-state index in [1.807, 2.05) is 18.2 Å². The molecule has 4 aromatic rings. The van der Waals surface area contributed by atoms with Crippen molar-refractivity contribution in [2.75, 3.05) is 0 Å². The Morgan fingerprint density at radius 3 is 2.64 bits per heavy atom. The summed E-state index contributed by atoms with van der Waals surface area (Å²) in [6, 6.07) is 5.60. The first-order valence-electron chi connectivity index (χ1n) is 11.0. The first-order chi connectivity index (χ1) is 15.7. The van der Waals surface area contributed by atoms with Gasteiger partial charge in [0.05, 0.1) is 22.4 Å². The lowest BCUT2D eigenvalue weighted by molar-refractivity contribution is -0.0402. The average molecular weight is 519 g/mol. The molecule has 0 atom stereocenters. The largest absolute Gasteiger partial charge is 0.370 e. The summed E-state index contributed by atoms with van der Waals surface area (Å²) in [5.41, 5.74) is 5.42. The maximum atomic E-state index is 6.39. The van der Waals surface area contributed by atoms with Crippen LogP contribution in [0.1, 0.15) is 50.1 Å². The van der Waals surface area contributed by atoms with E-state index in [0.717, 1.165) is 49.6 Å². The number of nitrogens with zero attached hydrogens (tertiary/aromatic N) is 3. The van der Waals surface area contributed by atoms with E-state index in [9.17, 15) is 0 Å². The van der Waals surface area contributed by atoms with Gasteiger partial charge in [0.25, 0.3) is 0 Å². The second kappa shape index (κ2) is 8.97. The number of hydrogen-bond donors (Lipinski definition) is 0. The standard InChI is InChI=1S/C25H25Cl2N3OS2/c1-13(2)8-19-15-10-31-25(3,4)9-14(15)20-21-22(33-23(20)30-19)24(29-12-28-21)32-11-16-17(26)6-5-7-18(16)27/h5-7,12-13H,8-11H2,1-4H3. The molecular weight excluding hydrogens is 493 g/mol. The van der Waals surface area contributed by atoms with E-state index in [0.29, 0.717) is 28.3 Å². The van der Waals surface area contributed by atoms with Crippen LogP contribution < -0.4 is 0 Å². The van der Waals surface area contributed by atoms with E-state index in [-0.39, 0.29) is 5.60 Å². The number of pyridine rings is 1. The molecule has 0 bridgehead atoms. The minimum atomic E-state index is -0.212. The Hall–Kier alpha value is -1.44. The number of benzene rings is 1. The van der Waals surface area contributed by atoms with Gasteiger partial charge in [-0.2, -0.15) is 0 Å². The molecule has 1 aliphatic rings. The minimum absolute atomic E-state index is 0.212. The summed E-state index contributed by atoms with van der Waals surface area (Å²) in [6.07, 6.45) is 3.44. The topological polar surface area (TPSA) is 47.9 Å². The Kier molecular flexibility index (Phi) is 6.34. The molecule has 0 aliphatic carbocycles. The van der Waals surface area contributed by atoms with Crippen molar-refractivity contribution in [1.29, 1.82) is 0 Å². The molecule has 1 aromatic carbocycles. The van der Waals surface area contributed by atoms with Crippen molar-refractivity contribution in [3.63, 3.8) is 0 Å². The fourth-order valence-electron chi connectivity index (χ4n) is 4.32. The predicted octanol–water partition coefficient (Wildman–Crippen LogP) is 7.89. The summed E-state index contributed by atoms with van der Waals surface area (Å²) in [6.45, 7) is 9.38. The Morgan fingerprint density at radius 1 is 1.15 bits per heavy atom. The normalized spacial score (nSPS) is 15.5. The third kappa shape index (κ3) is 4.48. The van der Waals surface area contributed by atoms with Gasteiger partial charge in [-0.05, 0) is 49.4 Å². The maximum Gasteiger partial charge on any atom is 0.126 e. The van der Waals surface area contributed by atoms with Crippen LogP contribution in [0.5, 0.6) is 0 Å². The lowest BCUT2D eigenvalue weighted by Crippen LogP contribution is -2.33. The summed E-state index contributed by atoms with van der Waals surface area (Å²) >= 11 is 16.1. The monoisotopic (exact) mass is 517 g/mol. The van der Waals surface area contributed by atoms with Crippen LogP contribution in [0.3, 0.4) is 0 Å². The van der Waals surface area contributed by atoms with Gasteiger partial charge < -0.3 is 4.74 Å². The molecule has 8 heteroatoms. The van der Waals surface area contributed by atoms with Gasteiger partial charge in [0, 0.05) is 38.9 Å². The SMILES string of the molecule is CC(C)Cc1nc2sc3c(SCc4c(Cl)cccc4Cl)ncnc3c2c2c1COC(C)(C)C2. The molecule has 0 saturated carbocycles. The summed E-state index contributed by atoms with van der Waals surface area (Å²) in [5, 5.41) is 3.44. The van der Waals surface area contributed by atoms with Crippen LogP contribution in [0.4, 0.5) is 0 Å². The van der Waals surface area contributed by atoms with Crippen LogP contribution in [0, 0.1) is 5.92 Å². The van der Waals surface area contributed by atoms with Gasteiger partial charge in [-0.1, -0.05) is 54.9 Å². The highest BCUT2D eigenvalue weighted by Crippen LogP contribution is 2.43. The van der Waals surface area contributed by atoms with E-state index in [1.165, 1.54) is 11.1 Å². The van der Waals surface area contributed by atoms with Gasteiger partial charge >= 0.3 is 0 Å². The van der Waals surface area contributed by atoms with Crippen LogP contribution in [-0.4, -0.2) is 20.6 Å². The third-order valence-electron chi connectivity index (χ3n) is 5.90. The first-order valence-corrected chi connectivity index (χ1v) is 13.6. The lowest BCUT2D eigenvalue weighted by Gasteiger charge is -2.33. The average Bonchev–Trinajstić information content (AvgIpc) is 3.11. The molecule has 172 valence electrons. The molecule has 5 rings (SSSR count). The van der Waals surface area contributed by atoms with E-state index < -0.39 is 0 Å². The smallest absolute Gasteiger partial charge is 0.126 e. The highest BCUT2D eigenvalue weighted by atomic mass is 35.5. The van der Waals surface area contributed by atoms with E-state index >= 15 is 0 Å². The molecule has 0 spiro atoms. The van der Waals surface area contributed by atoms with Crippen LogP contribution in [0.15, 0.2) is 29.6 Å². The van der Waals surface area contributed by atoms with Gasteiger partial charge in [-0.3, -0.25) is 0 Å². The molecule has 0 unspecified atom stereocenters. The number of hydrogen-bond acceptors (Lipinski definition) is 6. The van der Waals surface area contributed by atoms with Crippen molar-refractivity contribution in [3.8, 4) is 0 Å². The summed E-state index contributed by atoms with van der Waals surface area (Å²) < 4.78 is 7.26. The highest BCUT2D eigenvalue weighted by Gasteiger charge is 2.31. The summed E-state index contributed by atoms with van der Waals surface area (Å²) in [7, 11) is 0. The van der Waals surface area contributed by atoms with E-state index in [1.54, 1.807) is 29.4 Å². The van der Waals surface area contributed by atoms with Gasteiger partial charge in [0.2, 0.25) is 0 Å². The third-order valence-corrected chi connectivity index (χ3v) is 8.83. The number of thiophene rings is 1. The number of fused-ring (bicyclic) bond motifs is 5. The quantitative estimate of drug-likeness (QED) is 0.199. The van der Waals surface area contributed by atoms with Gasteiger partial charge in [0.1, 0.15) is 16.2 Å². The van der Waals surface area contributed by atoms with Gasteiger partial charge in [-0.25, -0.2) is 15.0 Å². The predicted molar refractivity (Wildman–Crippen MR) is 140 cm³/mol. The molecule has 1 aliphatic heterocycles. The number of thioether (sulfide) groups is 1. The molecule has 3 aromatic heterocycles. The molecule has 0 N–H and O–H groups in total. The van der Waals surface area contributed by atoms with Gasteiger partial charge in [-0.15, -0.1) is 11.3 Å². The molecule has 0 saturated heterocycles. The van der Waals surface area contributed by atoms with E-state index in [4.69, 9.17) is 37.9 Å². The Labute approximate surface area is 212 Å². The van der Waals surface area contributed by atoms with Crippen molar-refractivity contribution in [2.24, 2.45) is 5.92 Å². The van der Waals surface area contributed by atoms with Crippen LogP contribution in [-0.2, 0) is 29.9 Å². The fraction of sp³-hybridized carbons (Fsp3) is 0.400. The summed E-state index contributed by atoms with van der Waals surface area (Å²) in [4.78, 5) is 15.5. The number of aromatic nitrogens is 3. The maximum absolute atomic E-state index is 6.39. The van der Waals surface area contributed by atoms with Crippen molar-refractivity contribution >= 4 is 66.7 Å². The zero-order valence-corrected chi connectivity index (χ0v) is 22.2. The second-order valence-corrected chi connectivity index (χ2v) is 12.2. The number of ether oxygens (including phenoxy) is 1. The zero-order chi connectivity index (χ0) is 23.3. The first kappa shape index (κ1) is 23.3. The van der Waals surface area contributed by atoms with Crippen molar-refractivity contribution in [3.05, 3.63) is 57.0 Å². The highest BCUT2D eigenvalue weighted by molar-refractivity contribution is 7.98. The number of halogens is 2. The molecule has 4 nitrogen and oxygen atoms in total. The van der Waals surface area contributed by atoms with Crippen molar-refractivity contribution < 1.29 is 4.74 Å². The molecule has 4 heterocycles. The van der Waals surface area contributed by atoms with Crippen LogP contribution >= 0.6 is 46.3 Å². The molecule has 0 radical (unpaired) electrons. The fourth-order valence-corrected chi connectivity index (χ4v) is 7.32. The van der Waals surface area contributed by atoms with Crippen molar-refractivity contribution in [2.45, 2.75) is 63.5 Å². The van der Waals surface area contributed by atoms with E-state index in [2.05, 4.69) is 32.7 Å². The Morgan fingerprint density at radius 2 is 1.91 bits per heavy atom. The molecule has 0 amide bonds. The van der Waals surface area contributed by atoms with Crippen molar-refractivity contribution in [1.82, 2.24) is 15.0 Å². The number of rotatable bonds is 5. The molecule has 33 heavy (non-hydrogen) atoms. The molecule has 0 fully saturated rings. The lowest BCUT2D eigenvalue weighted by atomic mass is 9.88.